The number of nitrogens with one attached hydrogen (secondary N) is 1. The van der Waals surface area contributed by atoms with Crippen LogP contribution in [0.4, 0.5) is 25.8 Å². The fourth-order valence-corrected chi connectivity index (χ4v) is 3.21. The van der Waals surface area contributed by atoms with Gasteiger partial charge in [-0.05, 0) is 58.7 Å². The van der Waals surface area contributed by atoms with Crippen molar-refractivity contribution in [2.75, 3.05) is 5.32 Å². The largest absolute Gasteiger partial charge is 0.351 e. The second-order valence-corrected chi connectivity index (χ2v) is 6.86. The monoisotopic (exact) mass is 407 g/mol. The second-order valence-electron chi connectivity index (χ2n) is 6.86. The highest BCUT2D eigenvalue weighted by Crippen LogP contribution is 2.31. The molecular formula is C26H15F2N3. The van der Waals surface area contributed by atoms with E-state index >= 15 is 0 Å². The zero-order valence-electron chi connectivity index (χ0n) is 16.2. The maximum Gasteiger partial charge on any atom is 0.187 e. The van der Waals surface area contributed by atoms with Crippen molar-refractivity contribution in [1.29, 1.82) is 5.26 Å². The molecule has 148 valence electrons. The Morgan fingerprint density at radius 3 is 1.58 bits per heavy atom. The third-order valence-electron chi connectivity index (χ3n) is 4.88. The smallest absolute Gasteiger partial charge is 0.187 e. The first-order chi connectivity index (χ1) is 15.1. The quantitative estimate of drug-likeness (QED) is 0.357. The highest BCUT2D eigenvalue weighted by molar-refractivity contribution is 5.75. The van der Waals surface area contributed by atoms with Gasteiger partial charge in [0.05, 0.1) is 29.6 Å². The van der Waals surface area contributed by atoms with Crippen LogP contribution >= 0.6 is 0 Å². The van der Waals surface area contributed by atoms with Crippen LogP contribution in [0.15, 0.2) is 84.9 Å². The van der Waals surface area contributed by atoms with Crippen molar-refractivity contribution in [3.63, 3.8) is 0 Å². The van der Waals surface area contributed by atoms with E-state index < -0.39 is 11.6 Å². The first-order valence-electron chi connectivity index (χ1n) is 9.42. The number of benzene rings is 4. The van der Waals surface area contributed by atoms with Gasteiger partial charge in [0.15, 0.2) is 5.69 Å². The van der Waals surface area contributed by atoms with Gasteiger partial charge in [-0.25, -0.2) is 13.6 Å². The molecule has 0 aliphatic rings. The fraction of sp³-hybridized carbons (Fsp3) is 0. The molecule has 0 saturated heterocycles. The van der Waals surface area contributed by atoms with E-state index in [0.717, 1.165) is 22.3 Å². The summed E-state index contributed by atoms with van der Waals surface area (Å²) >= 11 is 0. The first-order valence-corrected chi connectivity index (χ1v) is 9.42. The van der Waals surface area contributed by atoms with Crippen molar-refractivity contribution in [2.24, 2.45) is 0 Å². The van der Waals surface area contributed by atoms with E-state index in [0.29, 0.717) is 11.3 Å². The van der Waals surface area contributed by atoms with Crippen LogP contribution in [0.5, 0.6) is 0 Å². The first kappa shape index (κ1) is 19.8. The summed E-state index contributed by atoms with van der Waals surface area (Å²) in [6.07, 6.45) is 0. The van der Waals surface area contributed by atoms with E-state index in [9.17, 15) is 8.78 Å². The Bertz CT molecular complexity index is 1220. The second kappa shape index (κ2) is 8.49. The summed E-state index contributed by atoms with van der Waals surface area (Å²) < 4.78 is 28.9. The molecule has 0 saturated carbocycles. The molecule has 0 amide bonds. The molecule has 0 heterocycles. The van der Waals surface area contributed by atoms with Crippen molar-refractivity contribution in [2.45, 2.75) is 0 Å². The molecule has 0 aliphatic carbocycles. The average Bonchev–Trinajstić information content (AvgIpc) is 2.82. The number of halogens is 2. The summed E-state index contributed by atoms with van der Waals surface area (Å²) in [6, 6.07) is 25.1. The molecule has 4 aromatic rings. The Hall–Kier alpha value is -4.48. The summed E-state index contributed by atoms with van der Waals surface area (Å²) in [5, 5.41) is 11.8. The number of hydrogen-bond acceptors (Lipinski definition) is 2. The minimum atomic E-state index is -0.511. The lowest BCUT2D eigenvalue weighted by atomic mass is 10.0. The van der Waals surface area contributed by atoms with Crippen LogP contribution < -0.4 is 5.32 Å². The van der Waals surface area contributed by atoms with E-state index in [-0.39, 0.29) is 11.4 Å². The number of nitrogens with zero attached hydrogens (tertiary/aromatic N) is 2. The zero-order valence-corrected chi connectivity index (χ0v) is 16.2. The molecule has 3 nitrogen and oxygen atoms in total. The van der Waals surface area contributed by atoms with Gasteiger partial charge in [-0.15, -0.1) is 0 Å². The van der Waals surface area contributed by atoms with Crippen molar-refractivity contribution in [3.05, 3.63) is 114 Å². The normalized spacial score (nSPS) is 10.2. The molecule has 0 unspecified atom stereocenters. The van der Waals surface area contributed by atoms with Gasteiger partial charge in [-0.1, -0.05) is 48.5 Å². The molecule has 31 heavy (non-hydrogen) atoms. The SMILES string of the molecule is [C-]#[N+]c1ccc(-c2ccc(F)c(Nc3cc(-c4ccc(C#N)cc4)ccc3F)c2)cc1. The molecule has 0 bridgehead atoms. The topological polar surface area (TPSA) is 40.2 Å². The van der Waals surface area contributed by atoms with Gasteiger partial charge in [0, 0.05) is 0 Å². The van der Waals surface area contributed by atoms with Gasteiger partial charge in [0.1, 0.15) is 11.6 Å². The lowest BCUT2D eigenvalue weighted by Crippen LogP contribution is -1.97. The summed E-state index contributed by atoms with van der Waals surface area (Å²) in [4.78, 5) is 3.37. The molecule has 0 fully saturated rings. The summed E-state index contributed by atoms with van der Waals surface area (Å²) in [5.41, 5.74) is 4.45. The van der Waals surface area contributed by atoms with Crippen molar-refractivity contribution < 1.29 is 8.78 Å². The number of anilines is 2. The van der Waals surface area contributed by atoms with E-state index in [4.69, 9.17) is 11.8 Å². The van der Waals surface area contributed by atoms with Gasteiger partial charge in [-0.2, -0.15) is 5.26 Å². The Morgan fingerprint density at radius 2 is 1.13 bits per heavy atom. The Balaban J connectivity index is 1.67. The third kappa shape index (κ3) is 4.27. The summed E-state index contributed by atoms with van der Waals surface area (Å²) in [6.45, 7) is 7.04. The molecule has 0 aromatic heterocycles. The molecule has 0 spiro atoms. The molecule has 4 rings (SSSR count). The van der Waals surface area contributed by atoms with E-state index in [1.807, 2.05) is 0 Å². The standard InChI is InChI=1S/C26H15F2N3/c1-30-22-10-6-19(7-11-22)21-9-13-24(28)26(15-21)31-25-14-20(8-12-23(25)27)18-4-2-17(16-29)3-5-18/h2-15,31H. The minimum Gasteiger partial charge on any atom is -0.351 e. The highest BCUT2D eigenvalue weighted by atomic mass is 19.1. The number of hydrogen-bond donors (Lipinski definition) is 1. The third-order valence-corrected chi connectivity index (χ3v) is 4.88. The minimum absolute atomic E-state index is 0.140. The van der Waals surface area contributed by atoms with Crippen molar-refractivity contribution in [3.8, 4) is 28.3 Å². The molecular weight excluding hydrogens is 392 g/mol. The Kier molecular flexibility index (Phi) is 5.43. The molecule has 0 radical (unpaired) electrons. The predicted octanol–water partition coefficient (Wildman–Crippen LogP) is 7.46. The zero-order chi connectivity index (χ0) is 21.8. The van der Waals surface area contributed by atoms with Crippen LogP contribution in [-0.4, -0.2) is 0 Å². The lowest BCUT2D eigenvalue weighted by molar-refractivity contribution is 0.625. The molecule has 4 aromatic carbocycles. The van der Waals surface area contributed by atoms with Crippen molar-refractivity contribution in [1.82, 2.24) is 0 Å². The Labute approximate surface area is 178 Å². The maximum atomic E-state index is 14.5. The van der Waals surface area contributed by atoms with Gasteiger partial charge in [0.2, 0.25) is 0 Å². The molecule has 5 heteroatoms. The van der Waals surface area contributed by atoms with Gasteiger partial charge >= 0.3 is 0 Å². The predicted molar refractivity (Wildman–Crippen MR) is 118 cm³/mol. The molecule has 1 N–H and O–H groups in total. The van der Waals surface area contributed by atoms with Crippen LogP contribution in [0.1, 0.15) is 5.56 Å². The van der Waals surface area contributed by atoms with E-state index in [1.54, 1.807) is 72.8 Å². The van der Waals surface area contributed by atoms with Crippen LogP contribution in [0, 0.1) is 29.5 Å². The average molecular weight is 407 g/mol. The van der Waals surface area contributed by atoms with Gasteiger partial charge < -0.3 is 5.32 Å². The van der Waals surface area contributed by atoms with Crippen LogP contribution in [0.2, 0.25) is 0 Å². The maximum absolute atomic E-state index is 14.5. The lowest BCUT2D eigenvalue weighted by Gasteiger charge is -2.13. The number of rotatable bonds is 4. The number of nitriles is 1. The Morgan fingerprint density at radius 1 is 0.677 bits per heavy atom. The van der Waals surface area contributed by atoms with Crippen LogP contribution in [-0.2, 0) is 0 Å². The van der Waals surface area contributed by atoms with Gasteiger partial charge in [0.25, 0.3) is 0 Å². The van der Waals surface area contributed by atoms with Crippen molar-refractivity contribution >= 4 is 17.1 Å². The van der Waals surface area contributed by atoms with Gasteiger partial charge in [-0.3, -0.25) is 0 Å². The highest BCUT2D eigenvalue weighted by Gasteiger charge is 2.10. The van der Waals surface area contributed by atoms with E-state index in [1.165, 1.54) is 12.1 Å². The molecule has 0 aliphatic heterocycles. The summed E-state index contributed by atoms with van der Waals surface area (Å²) in [7, 11) is 0. The molecule has 0 atom stereocenters. The fourth-order valence-electron chi connectivity index (χ4n) is 3.21. The van der Waals surface area contributed by atoms with E-state index in [2.05, 4.69) is 16.2 Å². The summed E-state index contributed by atoms with van der Waals surface area (Å²) in [5.74, 6) is -1.02. The van der Waals surface area contributed by atoms with Crippen LogP contribution in [0.25, 0.3) is 27.1 Å². The van der Waals surface area contributed by atoms with Crippen LogP contribution in [0.3, 0.4) is 0 Å².